The van der Waals surface area contributed by atoms with Gasteiger partial charge in [-0.3, -0.25) is 0 Å². The number of rotatable bonds is 1. The van der Waals surface area contributed by atoms with E-state index in [4.69, 9.17) is 0 Å². The van der Waals surface area contributed by atoms with E-state index in [1.807, 2.05) is 6.07 Å². The normalized spacial score (nSPS) is 28.0. The Morgan fingerprint density at radius 2 is 2.31 bits per heavy atom. The lowest BCUT2D eigenvalue weighted by Crippen LogP contribution is -2.21. The van der Waals surface area contributed by atoms with Crippen molar-refractivity contribution in [3.8, 4) is 0 Å². The molecule has 0 radical (unpaired) electrons. The summed E-state index contributed by atoms with van der Waals surface area (Å²) in [5.74, 6) is 0.341. The molecule has 1 fully saturated rings. The fraction of sp³-hybridized carbons (Fsp3) is 0.556. The van der Waals surface area contributed by atoms with Gasteiger partial charge in [-0.2, -0.15) is 10.2 Å². The summed E-state index contributed by atoms with van der Waals surface area (Å²) in [6.45, 7) is 3.65. The van der Waals surface area contributed by atoms with Crippen LogP contribution in [0.3, 0.4) is 0 Å². The number of anilines is 1. The summed E-state index contributed by atoms with van der Waals surface area (Å²) in [5, 5.41) is 17.1. The zero-order valence-corrected chi connectivity index (χ0v) is 7.59. The van der Waals surface area contributed by atoms with Gasteiger partial charge in [0.05, 0.1) is 24.2 Å². The maximum Gasteiger partial charge on any atom is 0.0757 e. The van der Waals surface area contributed by atoms with Gasteiger partial charge in [0.15, 0.2) is 0 Å². The number of aliphatic hydroxyl groups excluding tert-OH is 1. The summed E-state index contributed by atoms with van der Waals surface area (Å²) in [6.07, 6.45) is 3.18. The second-order valence-electron chi connectivity index (χ2n) is 3.55. The fourth-order valence-electron chi connectivity index (χ4n) is 1.63. The summed E-state index contributed by atoms with van der Waals surface area (Å²) in [4.78, 5) is 2.13. The van der Waals surface area contributed by atoms with E-state index in [0.717, 1.165) is 12.2 Å². The largest absolute Gasteiger partial charge is 0.391 e. The molecular weight excluding hydrogens is 166 g/mol. The van der Waals surface area contributed by atoms with Crippen LogP contribution >= 0.6 is 0 Å². The van der Waals surface area contributed by atoms with E-state index < -0.39 is 0 Å². The van der Waals surface area contributed by atoms with Crippen LogP contribution in [-0.2, 0) is 0 Å². The first-order chi connectivity index (χ1) is 6.27. The van der Waals surface area contributed by atoms with E-state index >= 15 is 0 Å². The summed E-state index contributed by atoms with van der Waals surface area (Å²) in [5.41, 5.74) is 1.04. The Kier molecular flexibility index (Phi) is 2.14. The third-order valence-corrected chi connectivity index (χ3v) is 2.51. The molecule has 1 aromatic heterocycles. The van der Waals surface area contributed by atoms with Gasteiger partial charge >= 0.3 is 0 Å². The molecular formula is C9H13N3O. The molecule has 1 N–H and O–H groups in total. The highest BCUT2D eigenvalue weighted by Crippen LogP contribution is 2.22. The lowest BCUT2D eigenvalue weighted by atomic mass is 10.1. The molecule has 1 saturated heterocycles. The average Bonchev–Trinajstić information content (AvgIpc) is 2.49. The van der Waals surface area contributed by atoms with E-state index in [-0.39, 0.29) is 6.10 Å². The number of β-amino-alcohol motifs (C(OH)–C–C–N with tert-alkyl or cyclic N) is 1. The zero-order chi connectivity index (χ0) is 9.26. The Morgan fingerprint density at radius 1 is 1.46 bits per heavy atom. The summed E-state index contributed by atoms with van der Waals surface area (Å²) >= 11 is 0. The molecule has 1 aliphatic rings. The highest BCUT2D eigenvalue weighted by atomic mass is 16.3. The average molecular weight is 179 g/mol. The maximum atomic E-state index is 9.55. The van der Waals surface area contributed by atoms with Crippen molar-refractivity contribution in [2.45, 2.75) is 13.0 Å². The lowest BCUT2D eigenvalue weighted by Gasteiger charge is -2.16. The number of hydrogen-bond donors (Lipinski definition) is 1. The molecule has 0 unspecified atom stereocenters. The van der Waals surface area contributed by atoms with Crippen molar-refractivity contribution in [2.75, 3.05) is 18.0 Å². The quantitative estimate of drug-likeness (QED) is 0.673. The van der Waals surface area contributed by atoms with E-state index in [1.165, 1.54) is 0 Å². The molecule has 1 aromatic rings. The third-order valence-electron chi connectivity index (χ3n) is 2.51. The van der Waals surface area contributed by atoms with Gasteiger partial charge in [0.2, 0.25) is 0 Å². The zero-order valence-electron chi connectivity index (χ0n) is 7.59. The summed E-state index contributed by atoms with van der Waals surface area (Å²) in [7, 11) is 0. The van der Waals surface area contributed by atoms with E-state index in [0.29, 0.717) is 12.5 Å². The summed E-state index contributed by atoms with van der Waals surface area (Å²) in [6, 6.07) is 1.91. The smallest absolute Gasteiger partial charge is 0.0757 e. The van der Waals surface area contributed by atoms with Crippen LogP contribution in [0.1, 0.15) is 6.92 Å². The number of hydrogen-bond acceptors (Lipinski definition) is 4. The van der Waals surface area contributed by atoms with Gasteiger partial charge < -0.3 is 10.0 Å². The number of nitrogens with zero attached hydrogens (tertiary/aromatic N) is 3. The minimum absolute atomic E-state index is 0.215. The Bertz CT molecular complexity index is 267. The Labute approximate surface area is 77.2 Å². The standard InChI is InChI=1S/C9H13N3O/c1-7-5-12(6-9(7)13)8-2-3-10-11-4-8/h2-4,7,9,13H,5-6H2,1H3/t7-,9+/m1/s1. The van der Waals surface area contributed by atoms with Gasteiger partial charge in [-0.15, -0.1) is 0 Å². The van der Waals surface area contributed by atoms with Crippen molar-refractivity contribution < 1.29 is 5.11 Å². The Morgan fingerprint density at radius 3 is 2.85 bits per heavy atom. The van der Waals surface area contributed by atoms with Crippen LogP contribution in [0.4, 0.5) is 5.69 Å². The topological polar surface area (TPSA) is 49.2 Å². The predicted molar refractivity (Wildman–Crippen MR) is 49.4 cm³/mol. The van der Waals surface area contributed by atoms with Gasteiger partial charge in [-0.1, -0.05) is 6.92 Å². The second kappa shape index (κ2) is 3.30. The second-order valence-corrected chi connectivity index (χ2v) is 3.55. The molecule has 0 aromatic carbocycles. The first-order valence-electron chi connectivity index (χ1n) is 4.47. The first kappa shape index (κ1) is 8.44. The van der Waals surface area contributed by atoms with Gasteiger partial charge in [-0.25, -0.2) is 0 Å². The number of aromatic nitrogens is 2. The minimum atomic E-state index is -0.215. The predicted octanol–water partition coefficient (Wildman–Crippen LogP) is 0.294. The van der Waals surface area contributed by atoms with Crippen LogP contribution in [0.2, 0.25) is 0 Å². The summed E-state index contributed by atoms with van der Waals surface area (Å²) < 4.78 is 0. The molecule has 1 aliphatic heterocycles. The van der Waals surface area contributed by atoms with Crippen molar-refractivity contribution in [1.29, 1.82) is 0 Å². The Hall–Kier alpha value is -1.16. The molecule has 0 saturated carbocycles. The molecule has 0 spiro atoms. The maximum absolute atomic E-state index is 9.55. The van der Waals surface area contributed by atoms with Gasteiger partial charge in [0.1, 0.15) is 0 Å². The van der Waals surface area contributed by atoms with Crippen molar-refractivity contribution in [1.82, 2.24) is 10.2 Å². The van der Waals surface area contributed by atoms with Crippen LogP contribution in [0.25, 0.3) is 0 Å². The SMILES string of the molecule is C[C@@H]1CN(c2ccnnc2)C[C@@H]1O. The molecule has 0 bridgehead atoms. The van der Waals surface area contributed by atoms with Crippen LogP contribution in [-0.4, -0.2) is 34.5 Å². The lowest BCUT2D eigenvalue weighted by molar-refractivity contribution is 0.157. The van der Waals surface area contributed by atoms with Crippen molar-refractivity contribution in [3.63, 3.8) is 0 Å². The van der Waals surface area contributed by atoms with Crippen molar-refractivity contribution in [3.05, 3.63) is 18.5 Å². The number of aliphatic hydroxyl groups is 1. The van der Waals surface area contributed by atoms with Gasteiger partial charge in [-0.05, 0) is 6.07 Å². The van der Waals surface area contributed by atoms with E-state index in [9.17, 15) is 5.11 Å². The van der Waals surface area contributed by atoms with Crippen LogP contribution in [0.15, 0.2) is 18.5 Å². The molecule has 4 heteroatoms. The fourth-order valence-corrected chi connectivity index (χ4v) is 1.63. The van der Waals surface area contributed by atoms with Gasteiger partial charge in [0, 0.05) is 19.0 Å². The van der Waals surface area contributed by atoms with Gasteiger partial charge in [0.25, 0.3) is 0 Å². The Balaban J connectivity index is 2.12. The van der Waals surface area contributed by atoms with Crippen LogP contribution in [0.5, 0.6) is 0 Å². The molecule has 70 valence electrons. The molecule has 0 amide bonds. The molecule has 2 heterocycles. The highest BCUT2D eigenvalue weighted by Gasteiger charge is 2.27. The third kappa shape index (κ3) is 1.62. The molecule has 13 heavy (non-hydrogen) atoms. The molecule has 0 aliphatic carbocycles. The van der Waals surface area contributed by atoms with E-state index in [2.05, 4.69) is 22.0 Å². The van der Waals surface area contributed by atoms with E-state index in [1.54, 1.807) is 12.4 Å². The van der Waals surface area contributed by atoms with Crippen molar-refractivity contribution >= 4 is 5.69 Å². The van der Waals surface area contributed by atoms with Crippen molar-refractivity contribution in [2.24, 2.45) is 5.92 Å². The van der Waals surface area contributed by atoms with Crippen LogP contribution < -0.4 is 4.90 Å². The molecule has 2 atom stereocenters. The monoisotopic (exact) mass is 179 g/mol. The van der Waals surface area contributed by atoms with Crippen LogP contribution in [0, 0.1) is 5.92 Å². The highest BCUT2D eigenvalue weighted by molar-refractivity contribution is 5.44. The molecule has 2 rings (SSSR count). The minimum Gasteiger partial charge on any atom is -0.391 e. The first-order valence-corrected chi connectivity index (χ1v) is 4.47. The molecule has 4 nitrogen and oxygen atoms in total.